The van der Waals surface area contributed by atoms with Gasteiger partial charge in [0.05, 0.1) is 17.7 Å². The summed E-state index contributed by atoms with van der Waals surface area (Å²) >= 11 is 0. The van der Waals surface area contributed by atoms with Crippen LogP contribution in [0, 0.1) is 27.7 Å². The van der Waals surface area contributed by atoms with Crippen LogP contribution in [0.1, 0.15) is 28.1 Å². The molecule has 1 heterocycles. The third-order valence-corrected chi connectivity index (χ3v) is 5.36. The largest absolute Gasteiger partial charge is 0.497 e. The van der Waals surface area contributed by atoms with E-state index in [4.69, 9.17) is 4.74 Å². The lowest BCUT2D eigenvalue weighted by molar-refractivity contribution is 0.413. The topological polar surface area (TPSA) is 84.1 Å². The molecule has 0 amide bonds. The second-order valence-corrected chi connectivity index (χ2v) is 7.03. The summed E-state index contributed by atoms with van der Waals surface area (Å²) < 4.78 is 33.0. The van der Waals surface area contributed by atoms with Gasteiger partial charge in [-0.1, -0.05) is 0 Å². The van der Waals surface area contributed by atoms with E-state index in [1.54, 1.807) is 33.1 Å². The van der Waals surface area contributed by atoms with Gasteiger partial charge in [-0.25, -0.2) is 13.1 Å². The van der Waals surface area contributed by atoms with Crippen molar-refractivity contribution in [1.29, 1.82) is 0 Å². The van der Waals surface area contributed by atoms with Crippen molar-refractivity contribution in [2.45, 2.75) is 39.1 Å². The summed E-state index contributed by atoms with van der Waals surface area (Å²) in [6.07, 6.45) is 0. The van der Waals surface area contributed by atoms with Gasteiger partial charge < -0.3 is 4.74 Å². The average Bonchev–Trinajstić information content (AvgIpc) is 2.74. The molecule has 2 N–H and O–H groups in total. The van der Waals surface area contributed by atoms with Gasteiger partial charge in [0.2, 0.25) is 10.0 Å². The van der Waals surface area contributed by atoms with Crippen molar-refractivity contribution < 1.29 is 13.2 Å². The molecule has 0 bridgehead atoms. The van der Waals surface area contributed by atoms with E-state index in [2.05, 4.69) is 14.9 Å². The highest BCUT2D eigenvalue weighted by atomic mass is 32.2. The van der Waals surface area contributed by atoms with E-state index in [0.29, 0.717) is 21.8 Å². The second kappa shape index (κ2) is 6.10. The smallest absolute Gasteiger partial charge is 0.241 e. The van der Waals surface area contributed by atoms with Gasteiger partial charge in [-0.2, -0.15) is 5.10 Å². The van der Waals surface area contributed by atoms with Crippen LogP contribution in [0.3, 0.4) is 0 Å². The first kappa shape index (κ1) is 16.5. The van der Waals surface area contributed by atoms with E-state index in [0.717, 1.165) is 17.0 Å². The van der Waals surface area contributed by atoms with Gasteiger partial charge in [0, 0.05) is 17.8 Å². The highest BCUT2D eigenvalue weighted by molar-refractivity contribution is 7.89. The molecule has 22 heavy (non-hydrogen) atoms. The molecule has 0 spiro atoms. The molecule has 0 radical (unpaired) electrons. The summed E-state index contributed by atoms with van der Waals surface area (Å²) in [4.78, 5) is 0.298. The fourth-order valence-corrected chi connectivity index (χ4v) is 3.97. The standard InChI is InChI=1S/C15H21N3O3S/c1-9-6-13(21-5)7-10(2)15(9)22(19,20)16-8-14-11(3)17-18-12(14)4/h6-7,16H,8H2,1-5H3,(H,17,18). The number of aromatic nitrogens is 2. The maximum atomic E-state index is 12.6. The molecular weight excluding hydrogens is 302 g/mol. The summed E-state index contributed by atoms with van der Waals surface area (Å²) in [6, 6.07) is 3.44. The highest BCUT2D eigenvalue weighted by Gasteiger charge is 2.21. The lowest BCUT2D eigenvalue weighted by Crippen LogP contribution is -2.25. The first-order chi connectivity index (χ1) is 10.3. The predicted octanol–water partition coefficient (Wildman–Crippen LogP) is 2.13. The first-order valence-corrected chi connectivity index (χ1v) is 8.40. The van der Waals surface area contributed by atoms with Crippen LogP contribution >= 0.6 is 0 Å². The van der Waals surface area contributed by atoms with Gasteiger partial charge >= 0.3 is 0 Å². The Bertz CT molecular complexity index is 752. The number of nitrogens with one attached hydrogen (secondary N) is 2. The zero-order valence-corrected chi connectivity index (χ0v) is 14.3. The summed E-state index contributed by atoms with van der Waals surface area (Å²) in [5.74, 6) is 0.649. The SMILES string of the molecule is COc1cc(C)c(S(=O)(=O)NCc2c(C)n[nH]c2C)c(C)c1. The van der Waals surface area contributed by atoms with Gasteiger partial charge in [0.25, 0.3) is 0 Å². The number of hydrogen-bond acceptors (Lipinski definition) is 4. The number of rotatable bonds is 5. The molecule has 1 aromatic carbocycles. The summed E-state index contributed by atoms with van der Waals surface area (Å²) in [7, 11) is -2.04. The third kappa shape index (κ3) is 3.15. The van der Waals surface area contributed by atoms with Crippen LogP contribution in [0.4, 0.5) is 0 Å². The van der Waals surface area contributed by atoms with Gasteiger partial charge in [-0.3, -0.25) is 5.10 Å². The fraction of sp³-hybridized carbons (Fsp3) is 0.400. The minimum atomic E-state index is -3.60. The Balaban J connectivity index is 2.32. The van der Waals surface area contributed by atoms with Crippen molar-refractivity contribution in [3.63, 3.8) is 0 Å². The Labute approximate surface area is 130 Å². The third-order valence-electron chi connectivity index (χ3n) is 3.66. The van der Waals surface area contributed by atoms with Crippen molar-refractivity contribution in [2.75, 3.05) is 7.11 Å². The molecule has 2 rings (SSSR count). The van der Waals surface area contributed by atoms with Crippen LogP contribution in [-0.2, 0) is 16.6 Å². The van der Waals surface area contributed by atoms with Crippen LogP contribution in [0.5, 0.6) is 5.75 Å². The van der Waals surface area contributed by atoms with Crippen LogP contribution < -0.4 is 9.46 Å². The molecule has 0 aliphatic rings. The van der Waals surface area contributed by atoms with Crippen LogP contribution in [0.2, 0.25) is 0 Å². The Hall–Kier alpha value is -1.86. The summed E-state index contributed by atoms with van der Waals surface area (Å²) in [5.41, 5.74) is 3.84. The van der Waals surface area contributed by atoms with Crippen molar-refractivity contribution in [1.82, 2.24) is 14.9 Å². The minimum Gasteiger partial charge on any atom is -0.497 e. The zero-order chi connectivity index (χ0) is 16.5. The van der Waals surface area contributed by atoms with Gasteiger partial charge in [-0.15, -0.1) is 0 Å². The number of sulfonamides is 1. The number of methoxy groups -OCH3 is 1. The molecule has 0 unspecified atom stereocenters. The van der Waals surface area contributed by atoms with Crippen LogP contribution in [0.25, 0.3) is 0 Å². The molecule has 120 valence electrons. The Morgan fingerprint density at radius 3 is 2.23 bits per heavy atom. The molecule has 0 atom stereocenters. The van der Waals surface area contributed by atoms with Gasteiger partial charge in [0.15, 0.2) is 0 Å². The Kier molecular flexibility index (Phi) is 4.58. The lowest BCUT2D eigenvalue weighted by Gasteiger charge is -2.13. The molecule has 0 saturated heterocycles. The number of hydrogen-bond donors (Lipinski definition) is 2. The molecule has 0 aliphatic heterocycles. The van der Waals surface area contributed by atoms with Crippen molar-refractivity contribution in [3.05, 3.63) is 40.2 Å². The van der Waals surface area contributed by atoms with Crippen molar-refractivity contribution in [3.8, 4) is 5.75 Å². The first-order valence-electron chi connectivity index (χ1n) is 6.91. The summed E-state index contributed by atoms with van der Waals surface area (Å²) in [6.45, 7) is 7.45. The molecule has 0 fully saturated rings. The highest BCUT2D eigenvalue weighted by Crippen LogP contribution is 2.25. The van der Waals surface area contributed by atoms with E-state index in [1.165, 1.54) is 0 Å². The van der Waals surface area contributed by atoms with E-state index in [1.807, 2.05) is 13.8 Å². The molecule has 2 aromatic rings. The van der Waals surface area contributed by atoms with Gasteiger partial charge in [0.1, 0.15) is 5.75 Å². The summed E-state index contributed by atoms with van der Waals surface area (Å²) in [5, 5.41) is 6.92. The lowest BCUT2D eigenvalue weighted by atomic mass is 10.1. The average molecular weight is 323 g/mol. The van der Waals surface area contributed by atoms with E-state index in [9.17, 15) is 8.42 Å². The van der Waals surface area contributed by atoms with Crippen LogP contribution in [-0.4, -0.2) is 25.7 Å². The normalized spacial score (nSPS) is 11.7. The maximum absolute atomic E-state index is 12.6. The number of H-pyrrole nitrogens is 1. The minimum absolute atomic E-state index is 0.210. The van der Waals surface area contributed by atoms with Crippen LogP contribution in [0.15, 0.2) is 17.0 Å². The predicted molar refractivity (Wildman–Crippen MR) is 84.6 cm³/mol. The number of aromatic amines is 1. The molecule has 0 saturated carbocycles. The molecular formula is C15H21N3O3S. The molecule has 6 nitrogen and oxygen atoms in total. The zero-order valence-electron chi connectivity index (χ0n) is 13.4. The van der Waals surface area contributed by atoms with E-state index in [-0.39, 0.29) is 6.54 Å². The number of ether oxygens (including phenoxy) is 1. The number of benzene rings is 1. The Morgan fingerprint density at radius 2 is 1.77 bits per heavy atom. The van der Waals surface area contributed by atoms with Crippen molar-refractivity contribution in [2.24, 2.45) is 0 Å². The monoisotopic (exact) mass is 323 g/mol. The van der Waals surface area contributed by atoms with E-state index < -0.39 is 10.0 Å². The van der Waals surface area contributed by atoms with E-state index >= 15 is 0 Å². The maximum Gasteiger partial charge on any atom is 0.241 e. The molecule has 7 heteroatoms. The number of nitrogens with zero attached hydrogens (tertiary/aromatic N) is 1. The Morgan fingerprint density at radius 1 is 1.18 bits per heavy atom. The second-order valence-electron chi connectivity index (χ2n) is 5.33. The molecule has 1 aromatic heterocycles. The number of aryl methyl sites for hydroxylation is 4. The quantitative estimate of drug-likeness (QED) is 0.883. The molecule has 0 aliphatic carbocycles. The fourth-order valence-electron chi connectivity index (χ4n) is 2.53. The van der Waals surface area contributed by atoms with Gasteiger partial charge in [-0.05, 0) is 51.0 Å². The van der Waals surface area contributed by atoms with Crippen molar-refractivity contribution >= 4 is 10.0 Å².